The Bertz CT molecular complexity index is 845. The molecule has 5 atom stereocenters. The summed E-state index contributed by atoms with van der Waals surface area (Å²) in [4.78, 5) is 74.9. The smallest absolute Gasteiger partial charge is 0.328 e. The second kappa shape index (κ2) is 15.8. The Hall–Kier alpha value is -3.99. The lowest BCUT2D eigenvalue weighted by Gasteiger charge is -2.25. The maximum Gasteiger partial charge on any atom is 0.328 e. The molecular weight excluding hydrogens is 484 g/mol. The largest absolute Gasteiger partial charge is 0.481 e. The number of rotatable bonds is 17. The summed E-state index contributed by atoms with van der Waals surface area (Å²) in [5.74, 6) is -6.99. The lowest BCUT2D eigenvalue weighted by Crippen LogP contribution is -2.58. The van der Waals surface area contributed by atoms with Gasteiger partial charge in [0.05, 0.1) is 18.6 Å². The minimum Gasteiger partial charge on any atom is -0.481 e. The summed E-state index contributed by atoms with van der Waals surface area (Å²) >= 11 is 0. The molecule has 5 unspecified atom stereocenters. The van der Waals surface area contributed by atoms with Crippen LogP contribution in [0.3, 0.4) is 0 Å². The van der Waals surface area contributed by atoms with Crippen molar-refractivity contribution in [2.24, 2.45) is 27.9 Å². The Morgan fingerprint density at radius 1 is 0.861 bits per heavy atom. The van der Waals surface area contributed by atoms with Crippen LogP contribution in [-0.2, 0) is 28.8 Å². The lowest BCUT2D eigenvalue weighted by molar-refractivity contribution is -0.146. The zero-order chi connectivity index (χ0) is 28.0. The molecule has 0 radical (unpaired) electrons. The first-order valence-electron chi connectivity index (χ1n) is 10.8. The zero-order valence-electron chi connectivity index (χ0n) is 19.7. The highest BCUT2D eigenvalue weighted by Crippen LogP contribution is 2.04. The molecule has 0 heterocycles. The summed E-state index contributed by atoms with van der Waals surface area (Å²) in [5, 5.41) is 34.2. The summed E-state index contributed by atoms with van der Waals surface area (Å²) in [6.45, 7) is 1.16. The highest BCUT2D eigenvalue weighted by Gasteiger charge is 2.33. The predicted molar refractivity (Wildman–Crippen MR) is 124 cm³/mol. The quantitative estimate of drug-likeness (QED) is 0.0491. The van der Waals surface area contributed by atoms with Crippen molar-refractivity contribution in [1.29, 1.82) is 0 Å². The van der Waals surface area contributed by atoms with Crippen LogP contribution in [0.5, 0.6) is 0 Å². The molecule has 36 heavy (non-hydrogen) atoms. The third-order valence-electron chi connectivity index (χ3n) is 4.67. The van der Waals surface area contributed by atoms with Gasteiger partial charge in [-0.15, -0.1) is 0 Å². The normalized spacial score (nSPS) is 14.8. The number of hydrogen-bond acceptors (Lipinski definition) is 9. The monoisotopic (exact) mass is 518 g/mol. The van der Waals surface area contributed by atoms with Crippen LogP contribution in [0.15, 0.2) is 4.99 Å². The first-order valence-corrected chi connectivity index (χ1v) is 10.8. The second-order valence-corrected chi connectivity index (χ2v) is 7.85. The number of aliphatic imine (C=N–C) groups is 1. The molecule has 17 nitrogen and oxygen atoms in total. The van der Waals surface area contributed by atoms with Crippen molar-refractivity contribution in [3.05, 3.63) is 0 Å². The summed E-state index contributed by atoms with van der Waals surface area (Å²) in [7, 11) is 0. The number of aliphatic hydroxyl groups excluding tert-OH is 1. The molecule has 0 aliphatic carbocycles. The zero-order valence-corrected chi connectivity index (χ0v) is 19.7. The molecule has 17 heteroatoms. The molecule has 0 spiro atoms. The molecule has 204 valence electrons. The Labute approximate surface area is 206 Å². The molecule has 0 aromatic carbocycles. The number of carboxylic acids is 2. The number of carbonyl (C=O) groups excluding carboxylic acids is 4. The van der Waals surface area contributed by atoms with Gasteiger partial charge in [-0.25, -0.2) is 4.79 Å². The van der Waals surface area contributed by atoms with Gasteiger partial charge in [-0.3, -0.25) is 29.0 Å². The van der Waals surface area contributed by atoms with Crippen LogP contribution < -0.4 is 38.9 Å². The van der Waals surface area contributed by atoms with Crippen molar-refractivity contribution in [1.82, 2.24) is 16.0 Å². The standard InChI is InChI=1S/C19H34N8O9/c1-8(28)14(18(35)36)27-17(34)11(7-13(30)31)26-16(33)10(3-2-6-24-19(22)23)25-15(32)9(20)4-5-12(21)29/h8-11,14,28H,2-7,20H2,1H3,(H2,21,29)(H,25,32)(H,26,33)(H,27,34)(H,30,31)(H,35,36)(H4,22,23,24). The fraction of sp³-hybridized carbons (Fsp3) is 0.632. The van der Waals surface area contributed by atoms with Gasteiger partial charge in [-0.05, 0) is 26.2 Å². The summed E-state index contributed by atoms with van der Waals surface area (Å²) in [5.41, 5.74) is 21.2. The van der Waals surface area contributed by atoms with Crippen LogP contribution in [0.2, 0.25) is 0 Å². The van der Waals surface area contributed by atoms with Gasteiger partial charge in [-0.2, -0.15) is 0 Å². The fourth-order valence-corrected chi connectivity index (χ4v) is 2.78. The minimum atomic E-state index is -1.77. The van der Waals surface area contributed by atoms with Gasteiger partial charge >= 0.3 is 11.9 Å². The average Bonchev–Trinajstić information content (AvgIpc) is 2.75. The number of nitrogens with two attached hydrogens (primary N) is 4. The number of primary amides is 1. The highest BCUT2D eigenvalue weighted by atomic mass is 16.4. The van der Waals surface area contributed by atoms with E-state index in [4.69, 9.17) is 33.1 Å². The number of aliphatic hydroxyl groups is 1. The molecule has 14 N–H and O–H groups in total. The molecule has 0 bridgehead atoms. The number of nitrogens with zero attached hydrogens (tertiary/aromatic N) is 1. The number of guanidine groups is 1. The van der Waals surface area contributed by atoms with E-state index >= 15 is 0 Å². The van der Waals surface area contributed by atoms with Crippen molar-refractivity contribution in [2.45, 2.75) is 69.3 Å². The van der Waals surface area contributed by atoms with Gasteiger partial charge in [0, 0.05) is 13.0 Å². The number of nitrogens with one attached hydrogen (secondary N) is 3. The third-order valence-corrected chi connectivity index (χ3v) is 4.67. The molecule has 0 fully saturated rings. The molecule has 0 aliphatic rings. The van der Waals surface area contributed by atoms with E-state index in [2.05, 4.69) is 15.6 Å². The molecule has 0 saturated carbocycles. The van der Waals surface area contributed by atoms with Gasteiger partial charge in [0.15, 0.2) is 12.0 Å². The fourth-order valence-electron chi connectivity index (χ4n) is 2.78. The second-order valence-electron chi connectivity index (χ2n) is 7.85. The van der Waals surface area contributed by atoms with E-state index in [9.17, 15) is 33.9 Å². The van der Waals surface area contributed by atoms with Crippen molar-refractivity contribution in [3.63, 3.8) is 0 Å². The first-order chi connectivity index (χ1) is 16.6. The van der Waals surface area contributed by atoms with Gasteiger partial charge in [0.1, 0.15) is 12.1 Å². The van der Waals surface area contributed by atoms with Crippen molar-refractivity contribution in [3.8, 4) is 0 Å². The number of carboxylic acid groups (broad SMARTS) is 2. The van der Waals surface area contributed by atoms with E-state index in [0.29, 0.717) is 0 Å². The van der Waals surface area contributed by atoms with Gasteiger partial charge in [0.2, 0.25) is 23.6 Å². The Morgan fingerprint density at radius 2 is 1.42 bits per heavy atom. The van der Waals surface area contributed by atoms with E-state index in [1.165, 1.54) is 0 Å². The molecule has 4 amide bonds. The Balaban J connectivity index is 5.62. The summed E-state index contributed by atoms with van der Waals surface area (Å²) in [6.07, 6.45) is -2.66. The first kappa shape index (κ1) is 32.0. The number of amides is 4. The Kier molecular flexibility index (Phi) is 14.1. The number of aliphatic carboxylic acids is 2. The Morgan fingerprint density at radius 3 is 1.89 bits per heavy atom. The van der Waals surface area contributed by atoms with Crippen LogP contribution in [0, 0.1) is 0 Å². The summed E-state index contributed by atoms with van der Waals surface area (Å²) < 4.78 is 0. The van der Waals surface area contributed by atoms with E-state index < -0.39 is 72.3 Å². The van der Waals surface area contributed by atoms with Gasteiger partial charge < -0.3 is 54.2 Å². The van der Waals surface area contributed by atoms with E-state index in [-0.39, 0.29) is 38.2 Å². The van der Waals surface area contributed by atoms with E-state index in [1.54, 1.807) is 0 Å². The predicted octanol–water partition coefficient (Wildman–Crippen LogP) is -4.97. The van der Waals surface area contributed by atoms with Gasteiger partial charge in [-0.1, -0.05) is 0 Å². The van der Waals surface area contributed by atoms with E-state index in [1.807, 2.05) is 5.32 Å². The van der Waals surface area contributed by atoms with Crippen LogP contribution in [-0.4, -0.2) is 93.7 Å². The van der Waals surface area contributed by atoms with Crippen molar-refractivity contribution < 1.29 is 44.1 Å². The molecule has 0 rings (SSSR count). The number of hydrogen-bond donors (Lipinski definition) is 10. The van der Waals surface area contributed by atoms with Crippen LogP contribution in [0.4, 0.5) is 0 Å². The molecule has 0 aromatic heterocycles. The van der Waals surface area contributed by atoms with Crippen LogP contribution >= 0.6 is 0 Å². The van der Waals surface area contributed by atoms with Crippen molar-refractivity contribution in [2.75, 3.05) is 6.54 Å². The molecule has 0 aromatic rings. The molecular formula is C19H34N8O9. The lowest BCUT2D eigenvalue weighted by atomic mass is 10.1. The molecule has 0 saturated heterocycles. The van der Waals surface area contributed by atoms with Crippen LogP contribution in [0.1, 0.15) is 39.0 Å². The maximum atomic E-state index is 12.9. The third kappa shape index (κ3) is 13.0. The average molecular weight is 519 g/mol. The molecule has 0 aliphatic heterocycles. The summed E-state index contributed by atoms with van der Waals surface area (Å²) in [6, 6.07) is -6.06. The SMILES string of the molecule is CC(O)C(NC(=O)C(CC(=O)O)NC(=O)C(CCCN=C(N)N)NC(=O)C(N)CCC(N)=O)C(=O)O. The topological polar surface area (TPSA) is 316 Å². The highest BCUT2D eigenvalue weighted by molar-refractivity contribution is 5.95. The van der Waals surface area contributed by atoms with Crippen LogP contribution in [0.25, 0.3) is 0 Å². The van der Waals surface area contributed by atoms with Crippen molar-refractivity contribution >= 4 is 41.5 Å². The number of carbonyl (C=O) groups is 6. The minimum absolute atomic E-state index is 0.0657. The van der Waals surface area contributed by atoms with E-state index in [0.717, 1.165) is 6.92 Å². The van der Waals surface area contributed by atoms with Gasteiger partial charge in [0.25, 0.3) is 0 Å². The maximum absolute atomic E-state index is 12.9.